The zero-order valence-electron chi connectivity index (χ0n) is 17.6. The molecular weight excluding hydrogens is 386 g/mol. The van der Waals surface area contributed by atoms with Gasteiger partial charge in [0.25, 0.3) is 5.89 Å². The fourth-order valence-electron chi connectivity index (χ4n) is 3.45. The predicted molar refractivity (Wildman–Crippen MR) is 112 cm³/mol. The van der Waals surface area contributed by atoms with Gasteiger partial charge in [0.1, 0.15) is 11.2 Å². The standard InChI is InChI=1S/C21H27N5O4.H2/c1-21(2,3)29-20(27)26-8-5-14(6-9-26)11-23-13-18-24-19(30-25-18)17-10-15-12-22-7-4-16(15)28-17;/h4,7,10,12,14,23H,5-6,8-9,11,13H2,1-3H3;1H. The Labute approximate surface area is 176 Å². The number of amides is 1. The Morgan fingerprint density at radius 1 is 1.37 bits per heavy atom. The van der Waals surface area contributed by atoms with E-state index in [2.05, 4.69) is 20.4 Å². The lowest BCUT2D eigenvalue weighted by atomic mass is 9.97. The van der Waals surface area contributed by atoms with Crippen LogP contribution in [0.4, 0.5) is 4.79 Å². The minimum atomic E-state index is -0.460. The van der Waals surface area contributed by atoms with Crippen molar-refractivity contribution in [2.75, 3.05) is 19.6 Å². The van der Waals surface area contributed by atoms with Crippen molar-refractivity contribution in [1.29, 1.82) is 0 Å². The van der Waals surface area contributed by atoms with Gasteiger partial charge in [-0.25, -0.2) is 4.79 Å². The molecule has 4 heterocycles. The number of ether oxygens (including phenoxy) is 1. The van der Waals surface area contributed by atoms with E-state index < -0.39 is 5.60 Å². The summed E-state index contributed by atoms with van der Waals surface area (Å²) in [6, 6.07) is 3.64. The molecule has 1 saturated heterocycles. The molecule has 1 aliphatic heterocycles. The van der Waals surface area contributed by atoms with Crippen LogP contribution in [0.2, 0.25) is 0 Å². The average molecular weight is 415 g/mol. The largest absolute Gasteiger partial charge is 0.451 e. The quantitative estimate of drug-likeness (QED) is 0.669. The average Bonchev–Trinajstić information content (AvgIpc) is 3.34. The van der Waals surface area contributed by atoms with E-state index in [1.54, 1.807) is 23.4 Å². The highest BCUT2D eigenvalue weighted by Crippen LogP contribution is 2.26. The third-order valence-electron chi connectivity index (χ3n) is 4.98. The molecule has 1 amide bonds. The normalized spacial score (nSPS) is 15.6. The number of hydrogen-bond donors (Lipinski definition) is 1. The number of nitrogens with zero attached hydrogens (tertiary/aromatic N) is 4. The summed E-state index contributed by atoms with van der Waals surface area (Å²) in [4.78, 5) is 22.4. The summed E-state index contributed by atoms with van der Waals surface area (Å²) in [5.74, 6) is 1.97. The summed E-state index contributed by atoms with van der Waals surface area (Å²) in [6.07, 6.45) is 5.06. The molecule has 1 aliphatic rings. The lowest BCUT2D eigenvalue weighted by Crippen LogP contribution is -2.43. The van der Waals surface area contributed by atoms with Crippen molar-refractivity contribution in [2.45, 2.75) is 45.8 Å². The molecule has 0 aliphatic carbocycles. The molecule has 0 aromatic carbocycles. The summed E-state index contributed by atoms with van der Waals surface area (Å²) in [5, 5.41) is 8.30. The summed E-state index contributed by atoms with van der Waals surface area (Å²) >= 11 is 0. The third kappa shape index (κ3) is 4.96. The minimum Gasteiger partial charge on any atom is -0.451 e. The second-order valence-electron chi connectivity index (χ2n) is 8.58. The van der Waals surface area contributed by atoms with Gasteiger partial charge in [0.2, 0.25) is 0 Å². The number of hydrogen-bond acceptors (Lipinski definition) is 8. The van der Waals surface area contributed by atoms with Crippen molar-refractivity contribution in [3.8, 4) is 11.7 Å². The number of nitrogens with one attached hydrogen (secondary N) is 1. The van der Waals surface area contributed by atoms with Gasteiger partial charge in [-0.3, -0.25) is 4.98 Å². The van der Waals surface area contributed by atoms with Crippen molar-refractivity contribution >= 4 is 17.1 Å². The SMILES string of the molecule is CC(C)(C)OC(=O)N1CCC(CNCc2noc(-c3cc4cnccc4o3)n2)CC1.[HH]. The fourth-order valence-corrected chi connectivity index (χ4v) is 3.45. The summed E-state index contributed by atoms with van der Waals surface area (Å²) in [5.41, 5.74) is 0.272. The number of carbonyl (C=O) groups excluding carboxylic acids is 1. The number of carbonyl (C=O) groups is 1. The van der Waals surface area contributed by atoms with Gasteiger partial charge in [-0.15, -0.1) is 0 Å². The number of fused-ring (bicyclic) bond motifs is 1. The Bertz CT molecular complexity index is 972. The highest BCUT2D eigenvalue weighted by atomic mass is 16.6. The number of aromatic nitrogens is 3. The van der Waals surface area contributed by atoms with Crippen LogP contribution in [0.1, 0.15) is 40.9 Å². The van der Waals surface area contributed by atoms with E-state index in [4.69, 9.17) is 13.7 Å². The zero-order valence-corrected chi connectivity index (χ0v) is 17.6. The Morgan fingerprint density at radius 2 is 2.17 bits per heavy atom. The second-order valence-corrected chi connectivity index (χ2v) is 8.58. The van der Waals surface area contributed by atoms with Crippen LogP contribution in [0.5, 0.6) is 0 Å². The summed E-state index contributed by atoms with van der Waals surface area (Å²) in [7, 11) is 0. The number of rotatable bonds is 5. The Balaban J connectivity index is 0.00000272. The molecule has 1 fully saturated rings. The van der Waals surface area contributed by atoms with Gasteiger partial charge in [-0.2, -0.15) is 4.98 Å². The highest BCUT2D eigenvalue weighted by Gasteiger charge is 2.26. The summed E-state index contributed by atoms with van der Waals surface area (Å²) in [6.45, 7) is 8.44. The van der Waals surface area contributed by atoms with Crippen LogP contribution < -0.4 is 5.32 Å². The Kier molecular flexibility index (Phi) is 5.72. The molecule has 0 unspecified atom stereocenters. The van der Waals surface area contributed by atoms with Crippen LogP contribution in [0.15, 0.2) is 33.5 Å². The monoisotopic (exact) mass is 415 g/mol. The van der Waals surface area contributed by atoms with Crippen LogP contribution in [-0.2, 0) is 11.3 Å². The molecule has 0 bridgehead atoms. The van der Waals surface area contributed by atoms with Crippen molar-refractivity contribution in [3.05, 3.63) is 30.4 Å². The molecular formula is C21H29N5O4. The lowest BCUT2D eigenvalue weighted by molar-refractivity contribution is 0.0184. The molecule has 4 rings (SSSR count). The smallest absolute Gasteiger partial charge is 0.410 e. The third-order valence-corrected chi connectivity index (χ3v) is 4.98. The minimum absolute atomic E-state index is 0. The molecule has 9 nitrogen and oxygen atoms in total. The maximum absolute atomic E-state index is 12.1. The predicted octanol–water partition coefficient (Wildman–Crippen LogP) is 3.86. The molecule has 3 aromatic heterocycles. The number of likely N-dealkylation sites (tertiary alicyclic amines) is 1. The van der Waals surface area contributed by atoms with Crippen LogP contribution in [-0.4, -0.2) is 51.4 Å². The molecule has 162 valence electrons. The zero-order chi connectivity index (χ0) is 21.1. The van der Waals surface area contributed by atoms with Gasteiger partial charge in [0.05, 0.1) is 6.54 Å². The molecule has 30 heavy (non-hydrogen) atoms. The van der Waals surface area contributed by atoms with E-state index in [1.807, 2.05) is 26.8 Å². The number of piperidine rings is 1. The topological polar surface area (TPSA) is 107 Å². The molecule has 0 saturated carbocycles. The molecule has 9 heteroatoms. The molecule has 1 N–H and O–H groups in total. The van der Waals surface area contributed by atoms with Crippen LogP contribution in [0, 0.1) is 5.92 Å². The van der Waals surface area contributed by atoms with Gasteiger partial charge in [0, 0.05) is 32.3 Å². The first-order chi connectivity index (χ1) is 14.4. The van der Waals surface area contributed by atoms with Crippen LogP contribution in [0.3, 0.4) is 0 Å². The Hall–Kier alpha value is -2.94. The van der Waals surface area contributed by atoms with Crippen molar-refractivity contribution < 1.29 is 19.9 Å². The van der Waals surface area contributed by atoms with E-state index in [0.29, 0.717) is 43.0 Å². The maximum Gasteiger partial charge on any atom is 0.410 e. The van der Waals surface area contributed by atoms with Gasteiger partial charge in [0.15, 0.2) is 11.6 Å². The first-order valence-electron chi connectivity index (χ1n) is 10.2. The maximum atomic E-state index is 12.1. The second kappa shape index (κ2) is 8.43. The Morgan fingerprint density at radius 3 is 2.90 bits per heavy atom. The van der Waals surface area contributed by atoms with E-state index in [1.165, 1.54) is 0 Å². The van der Waals surface area contributed by atoms with Gasteiger partial charge in [-0.1, -0.05) is 5.16 Å². The van der Waals surface area contributed by atoms with Gasteiger partial charge in [-0.05, 0) is 58.2 Å². The van der Waals surface area contributed by atoms with Crippen molar-refractivity contribution in [2.24, 2.45) is 5.92 Å². The van der Waals surface area contributed by atoms with E-state index in [-0.39, 0.29) is 7.52 Å². The van der Waals surface area contributed by atoms with Crippen LogP contribution >= 0.6 is 0 Å². The fraction of sp³-hybridized carbons (Fsp3) is 0.524. The highest BCUT2D eigenvalue weighted by molar-refractivity contribution is 5.80. The number of furan rings is 1. The first kappa shape index (κ1) is 20.3. The number of pyridine rings is 1. The summed E-state index contributed by atoms with van der Waals surface area (Å²) < 4.78 is 16.5. The van der Waals surface area contributed by atoms with E-state index >= 15 is 0 Å². The molecule has 0 spiro atoms. The van der Waals surface area contributed by atoms with E-state index in [0.717, 1.165) is 30.4 Å². The van der Waals surface area contributed by atoms with E-state index in [9.17, 15) is 4.79 Å². The van der Waals surface area contributed by atoms with Crippen LogP contribution in [0.25, 0.3) is 22.6 Å². The first-order valence-corrected chi connectivity index (χ1v) is 10.2. The lowest BCUT2D eigenvalue weighted by Gasteiger charge is -2.33. The molecule has 3 aromatic rings. The van der Waals surface area contributed by atoms with Gasteiger partial charge >= 0.3 is 6.09 Å². The molecule has 0 radical (unpaired) electrons. The van der Waals surface area contributed by atoms with Crippen molar-refractivity contribution in [3.63, 3.8) is 0 Å². The molecule has 0 atom stereocenters. The van der Waals surface area contributed by atoms with Gasteiger partial charge < -0.3 is 23.9 Å². The van der Waals surface area contributed by atoms with Crippen molar-refractivity contribution in [1.82, 2.24) is 25.3 Å².